The molecule has 0 unspecified atom stereocenters. The van der Waals surface area contributed by atoms with Crippen LogP contribution in [0.2, 0.25) is 0 Å². The summed E-state index contributed by atoms with van der Waals surface area (Å²) in [6, 6.07) is 9.70. The van der Waals surface area contributed by atoms with Crippen LogP contribution in [-0.2, 0) is 4.79 Å². The predicted octanol–water partition coefficient (Wildman–Crippen LogP) is 1.89. The van der Waals surface area contributed by atoms with Crippen LogP contribution in [0.25, 0.3) is 0 Å². The van der Waals surface area contributed by atoms with E-state index in [1.807, 2.05) is 68.1 Å². The van der Waals surface area contributed by atoms with Crippen molar-refractivity contribution in [1.82, 2.24) is 14.9 Å². The van der Waals surface area contributed by atoms with E-state index in [9.17, 15) is 4.79 Å². The lowest BCUT2D eigenvalue weighted by Gasteiger charge is -2.35. The van der Waals surface area contributed by atoms with Crippen LogP contribution in [0.15, 0.2) is 30.3 Å². The first kappa shape index (κ1) is 18.9. The monoisotopic (exact) mass is 369 g/mol. The number of aryl methyl sites for hydroxylation is 2. The second-order valence-corrected chi connectivity index (χ2v) is 7.03. The smallest absolute Gasteiger partial charge is 0.260 e. The molecule has 1 aliphatic rings. The van der Waals surface area contributed by atoms with Crippen LogP contribution < -0.4 is 14.5 Å². The molecule has 1 aromatic carbocycles. The fourth-order valence-electron chi connectivity index (χ4n) is 3.00. The quantitative estimate of drug-likeness (QED) is 0.802. The van der Waals surface area contributed by atoms with Gasteiger partial charge in [-0.15, -0.1) is 0 Å². The van der Waals surface area contributed by atoms with E-state index in [1.165, 1.54) is 0 Å². The molecular weight excluding hydrogens is 342 g/mol. The molecule has 27 heavy (non-hydrogen) atoms. The van der Waals surface area contributed by atoms with Gasteiger partial charge in [0.25, 0.3) is 5.91 Å². The number of benzene rings is 1. The van der Waals surface area contributed by atoms with Crippen molar-refractivity contribution in [1.29, 1.82) is 0 Å². The number of hydrogen-bond donors (Lipinski definition) is 0. The first-order valence-electron chi connectivity index (χ1n) is 9.17. The molecule has 0 radical (unpaired) electrons. The summed E-state index contributed by atoms with van der Waals surface area (Å²) in [5, 5.41) is 0. The zero-order valence-corrected chi connectivity index (χ0v) is 16.5. The van der Waals surface area contributed by atoms with E-state index in [0.29, 0.717) is 26.2 Å². The highest BCUT2D eigenvalue weighted by molar-refractivity contribution is 5.78. The van der Waals surface area contributed by atoms with Crippen molar-refractivity contribution in [2.24, 2.45) is 0 Å². The maximum Gasteiger partial charge on any atom is 0.260 e. The number of anilines is 2. The van der Waals surface area contributed by atoms with Gasteiger partial charge in [0.15, 0.2) is 6.61 Å². The number of hydrogen-bond acceptors (Lipinski definition) is 6. The van der Waals surface area contributed by atoms with Gasteiger partial charge in [-0.2, -0.15) is 4.98 Å². The van der Waals surface area contributed by atoms with E-state index < -0.39 is 0 Å². The summed E-state index contributed by atoms with van der Waals surface area (Å²) in [5.74, 6) is 2.35. The van der Waals surface area contributed by atoms with Gasteiger partial charge in [0.1, 0.15) is 11.6 Å². The normalized spacial score (nSPS) is 14.2. The van der Waals surface area contributed by atoms with Crippen LogP contribution >= 0.6 is 0 Å². The zero-order chi connectivity index (χ0) is 19.4. The number of carbonyl (C=O) groups is 1. The third-order valence-corrected chi connectivity index (χ3v) is 4.55. The number of ether oxygens (including phenoxy) is 1. The number of piperazine rings is 1. The van der Waals surface area contributed by atoms with Gasteiger partial charge in [-0.1, -0.05) is 12.1 Å². The average molecular weight is 369 g/mol. The summed E-state index contributed by atoms with van der Waals surface area (Å²) in [5.41, 5.74) is 2.05. The molecule has 1 aliphatic heterocycles. The minimum absolute atomic E-state index is 0.00953. The molecule has 144 valence electrons. The van der Waals surface area contributed by atoms with Gasteiger partial charge < -0.3 is 19.4 Å². The summed E-state index contributed by atoms with van der Waals surface area (Å²) in [7, 11) is 3.94. The summed E-state index contributed by atoms with van der Waals surface area (Å²) in [6.07, 6.45) is 0. The van der Waals surface area contributed by atoms with Crippen molar-refractivity contribution >= 4 is 17.7 Å². The molecule has 7 nitrogen and oxygen atoms in total. The molecular formula is C20H27N5O2. The lowest BCUT2D eigenvalue weighted by molar-refractivity contribution is -0.133. The van der Waals surface area contributed by atoms with Gasteiger partial charge in [0.05, 0.1) is 0 Å². The lowest BCUT2D eigenvalue weighted by Crippen LogP contribution is -2.50. The summed E-state index contributed by atoms with van der Waals surface area (Å²) in [4.78, 5) is 27.6. The molecule has 0 atom stereocenters. The lowest BCUT2D eigenvalue weighted by atomic mass is 10.2. The molecule has 3 rings (SSSR count). The summed E-state index contributed by atoms with van der Waals surface area (Å²) < 4.78 is 5.64. The largest absolute Gasteiger partial charge is 0.484 e. The summed E-state index contributed by atoms with van der Waals surface area (Å²) >= 11 is 0. The van der Waals surface area contributed by atoms with Crippen molar-refractivity contribution in [2.75, 3.05) is 56.7 Å². The third kappa shape index (κ3) is 4.87. The van der Waals surface area contributed by atoms with Gasteiger partial charge in [-0.3, -0.25) is 4.79 Å². The zero-order valence-electron chi connectivity index (χ0n) is 16.5. The Bertz CT molecular complexity index is 801. The second-order valence-electron chi connectivity index (χ2n) is 7.03. The fourth-order valence-corrected chi connectivity index (χ4v) is 3.00. The maximum atomic E-state index is 12.4. The van der Waals surface area contributed by atoms with Crippen molar-refractivity contribution in [3.63, 3.8) is 0 Å². The Kier molecular flexibility index (Phi) is 5.78. The molecule has 0 spiro atoms. The maximum absolute atomic E-state index is 12.4. The third-order valence-electron chi connectivity index (χ3n) is 4.55. The van der Waals surface area contributed by atoms with E-state index in [4.69, 9.17) is 4.74 Å². The van der Waals surface area contributed by atoms with Crippen molar-refractivity contribution in [3.8, 4) is 5.75 Å². The molecule has 2 heterocycles. The Labute approximate surface area is 160 Å². The highest BCUT2D eigenvalue weighted by atomic mass is 16.5. The van der Waals surface area contributed by atoms with E-state index in [-0.39, 0.29) is 12.5 Å². The highest BCUT2D eigenvalue weighted by Gasteiger charge is 2.23. The minimum atomic E-state index is 0.00953. The highest BCUT2D eigenvalue weighted by Crippen LogP contribution is 2.17. The van der Waals surface area contributed by atoms with Gasteiger partial charge in [-0.25, -0.2) is 4.98 Å². The number of nitrogens with zero attached hydrogens (tertiary/aromatic N) is 5. The Balaban J connectivity index is 1.55. The molecule has 7 heteroatoms. The topological polar surface area (TPSA) is 61.8 Å². The van der Waals surface area contributed by atoms with Gasteiger partial charge in [-0.05, 0) is 31.5 Å². The van der Waals surface area contributed by atoms with Gasteiger partial charge in [0, 0.05) is 52.0 Å². The van der Waals surface area contributed by atoms with E-state index in [0.717, 1.165) is 28.8 Å². The Morgan fingerprint density at radius 2 is 1.85 bits per heavy atom. The van der Waals surface area contributed by atoms with E-state index in [1.54, 1.807) is 0 Å². The SMILES string of the molecule is Cc1cccc(OCC(=O)N2CCN(c3nc(C)cc(N(C)C)n3)CC2)c1. The van der Waals surface area contributed by atoms with Crippen molar-refractivity contribution < 1.29 is 9.53 Å². The molecule has 0 bridgehead atoms. The van der Waals surface area contributed by atoms with Crippen molar-refractivity contribution in [3.05, 3.63) is 41.6 Å². The summed E-state index contributed by atoms with van der Waals surface area (Å²) in [6.45, 7) is 6.76. The Morgan fingerprint density at radius 1 is 1.11 bits per heavy atom. The molecule has 1 amide bonds. The molecule has 1 aromatic heterocycles. The second kappa shape index (κ2) is 8.24. The van der Waals surface area contributed by atoms with E-state index >= 15 is 0 Å². The molecule has 1 saturated heterocycles. The average Bonchev–Trinajstić information content (AvgIpc) is 2.66. The standard InChI is InChI=1S/C20H27N5O2/c1-15-6-5-7-17(12-15)27-14-19(26)24-8-10-25(11-9-24)20-21-16(2)13-18(22-20)23(3)4/h5-7,12-13H,8-11,14H2,1-4H3. The van der Waals surface area contributed by atoms with Gasteiger partial charge in [0.2, 0.25) is 5.95 Å². The van der Waals surface area contributed by atoms with Crippen molar-refractivity contribution in [2.45, 2.75) is 13.8 Å². The Hall–Kier alpha value is -2.83. The number of rotatable bonds is 5. The fraction of sp³-hybridized carbons (Fsp3) is 0.450. The Morgan fingerprint density at radius 3 is 2.52 bits per heavy atom. The van der Waals surface area contributed by atoms with Crippen LogP contribution in [-0.4, -0.2) is 67.7 Å². The molecule has 0 N–H and O–H groups in total. The van der Waals surface area contributed by atoms with Crippen LogP contribution in [0.3, 0.4) is 0 Å². The minimum Gasteiger partial charge on any atom is -0.484 e. The van der Waals surface area contributed by atoms with Crippen LogP contribution in [0, 0.1) is 13.8 Å². The first-order chi connectivity index (χ1) is 12.9. The predicted molar refractivity (Wildman–Crippen MR) is 107 cm³/mol. The number of aromatic nitrogens is 2. The molecule has 1 fully saturated rings. The van der Waals surface area contributed by atoms with Crippen LogP contribution in [0.5, 0.6) is 5.75 Å². The molecule has 2 aromatic rings. The van der Waals surface area contributed by atoms with E-state index in [2.05, 4.69) is 14.9 Å². The number of carbonyl (C=O) groups excluding carboxylic acids is 1. The van der Waals surface area contributed by atoms with Gasteiger partial charge >= 0.3 is 0 Å². The number of amides is 1. The first-order valence-corrected chi connectivity index (χ1v) is 9.17. The van der Waals surface area contributed by atoms with Crippen LogP contribution in [0.4, 0.5) is 11.8 Å². The molecule has 0 aliphatic carbocycles. The van der Waals surface area contributed by atoms with Crippen LogP contribution in [0.1, 0.15) is 11.3 Å². The molecule has 0 saturated carbocycles.